The average molecular weight is 236 g/mol. The number of hydrogen-bond donors (Lipinski definition) is 3. The molecule has 1 aromatic rings. The summed E-state index contributed by atoms with van der Waals surface area (Å²) in [5.74, 6) is 0. The van der Waals surface area contributed by atoms with E-state index in [0.29, 0.717) is 32.6 Å². The Labute approximate surface area is 102 Å². The molecule has 1 aliphatic rings. The van der Waals surface area contributed by atoms with Crippen LogP contribution in [0.5, 0.6) is 0 Å². The number of rotatable bonds is 3. The molecule has 0 atom stereocenters. The van der Waals surface area contributed by atoms with E-state index in [4.69, 9.17) is 10.5 Å². The highest BCUT2D eigenvalue weighted by Gasteiger charge is 2.29. The standard InChI is InChI=1S/C13H20N2O2/c1-10-2-3-11(8-12(10)14)15-9-13(16)4-6-17-7-5-13/h2-3,8,15-16H,4-7,9,14H2,1H3. The van der Waals surface area contributed by atoms with Crippen molar-refractivity contribution < 1.29 is 9.84 Å². The topological polar surface area (TPSA) is 67.5 Å². The Balaban J connectivity index is 1.94. The Morgan fingerprint density at radius 1 is 1.41 bits per heavy atom. The second-order valence-electron chi connectivity index (χ2n) is 4.76. The largest absolute Gasteiger partial charge is 0.398 e. The molecule has 1 fully saturated rings. The summed E-state index contributed by atoms with van der Waals surface area (Å²) in [6, 6.07) is 5.86. The third kappa shape index (κ3) is 3.11. The van der Waals surface area contributed by atoms with Gasteiger partial charge in [-0.25, -0.2) is 0 Å². The van der Waals surface area contributed by atoms with E-state index in [1.54, 1.807) is 0 Å². The van der Waals surface area contributed by atoms with Gasteiger partial charge in [0.15, 0.2) is 0 Å². The minimum atomic E-state index is -0.655. The SMILES string of the molecule is Cc1ccc(NCC2(O)CCOCC2)cc1N. The number of benzene rings is 1. The molecule has 0 radical (unpaired) electrons. The summed E-state index contributed by atoms with van der Waals surface area (Å²) >= 11 is 0. The van der Waals surface area contributed by atoms with Crippen molar-refractivity contribution in [2.75, 3.05) is 30.8 Å². The van der Waals surface area contributed by atoms with Crippen molar-refractivity contribution in [2.24, 2.45) is 0 Å². The average Bonchev–Trinajstić information content (AvgIpc) is 2.32. The molecule has 0 aromatic heterocycles. The van der Waals surface area contributed by atoms with Gasteiger partial charge in [0.2, 0.25) is 0 Å². The molecule has 0 saturated carbocycles. The third-order valence-electron chi connectivity index (χ3n) is 3.32. The highest BCUT2D eigenvalue weighted by atomic mass is 16.5. The highest BCUT2D eigenvalue weighted by Crippen LogP contribution is 2.22. The van der Waals surface area contributed by atoms with Crippen LogP contribution in [-0.4, -0.2) is 30.5 Å². The van der Waals surface area contributed by atoms with Gasteiger partial charge in [-0.1, -0.05) is 6.07 Å². The fourth-order valence-corrected chi connectivity index (χ4v) is 1.95. The Bertz CT molecular complexity index is 387. The molecule has 0 spiro atoms. The molecule has 4 heteroatoms. The lowest BCUT2D eigenvalue weighted by Crippen LogP contribution is -2.42. The maximum atomic E-state index is 10.3. The predicted octanol–water partition coefficient (Wildman–Crippen LogP) is 1.53. The first-order valence-corrected chi connectivity index (χ1v) is 5.99. The summed E-state index contributed by atoms with van der Waals surface area (Å²) in [6.45, 7) is 3.78. The van der Waals surface area contributed by atoms with E-state index < -0.39 is 5.60 Å². The Morgan fingerprint density at radius 3 is 2.76 bits per heavy atom. The van der Waals surface area contributed by atoms with Crippen LogP contribution in [0.15, 0.2) is 18.2 Å². The van der Waals surface area contributed by atoms with Crippen LogP contribution >= 0.6 is 0 Å². The van der Waals surface area contributed by atoms with Crippen LogP contribution in [0.4, 0.5) is 11.4 Å². The second-order valence-corrected chi connectivity index (χ2v) is 4.76. The van der Waals surface area contributed by atoms with E-state index in [0.717, 1.165) is 16.9 Å². The van der Waals surface area contributed by atoms with Crippen LogP contribution in [0.2, 0.25) is 0 Å². The lowest BCUT2D eigenvalue weighted by molar-refractivity contribution is -0.0543. The molecule has 1 aliphatic heterocycles. The number of anilines is 2. The lowest BCUT2D eigenvalue weighted by atomic mass is 9.94. The molecule has 0 unspecified atom stereocenters. The van der Waals surface area contributed by atoms with E-state index in [9.17, 15) is 5.11 Å². The fraction of sp³-hybridized carbons (Fsp3) is 0.538. The first-order valence-electron chi connectivity index (χ1n) is 5.99. The molecule has 94 valence electrons. The van der Waals surface area contributed by atoms with Gasteiger partial charge in [0.25, 0.3) is 0 Å². The van der Waals surface area contributed by atoms with Crippen LogP contribution in [0.25, 0.3) is 0 Å². The smallest absolute Gasteiger partial charge is 0.0863 e. The van der Waals surface area contributed by atoms with Crippen LogP contribution < -0.4 is 11.1 Å². The van der Waals surface area contributed by atoms with E-state index in [-0.39, 0.29) is 0 Å². The molecule has 0 bridgehead atoms. The predicted molar refractivity (Wildman–Crippen MR) is 69.1 cm³/mol. The number of hydrogen-bond acceptors (Lipinski definition) is 4. The maximum absolute atomic E-state index is 10.3. The molecule has 1 aromatic carbocycles. The zero-order valence-corrected chi connectivity index (χ0v) is 10.2. The first-order chi connectivity index (χ1) is 8.09. The number of nitrogen functional groups attached to an aromatic ring is 1. The molecule has 1 heterocycles. The maximum Gasteiger partial charge on any atom is 0.0863 e. The minimum absolute atomic E-state index is 0.541. The van der Waals surface area contributed by atoms with Crippen LogP contribution in [0.3, 0.4) is 0 Å². The summed E-state index contributed by atoms with van der Waals surface area (Å²) in [5.41, 5.74) is 7.98. The van der Waals surface area contributed by atoms with E-state index >= 15 is 0 Å². The summed E-state index contributed by atoms with van der Waals surface area (Å²) < 4.78 is 5.24. The van der Waals surface area contributed by atoms with Crippen molar-refractivity contribution >= 4 is 11.4 Å². The van der Waals surface area contributed by atoms with Crippen molar-refractivity contribution in [1.82, 2.24) is 0 Å². The van der Waals surface area contributed by atoms with Gasteiger partial charge in [0, 0.05) is 44.0 Å². The van der Waals surface area contributed by atoms with Crippen LogP contribution in [0.1, 0.15) is 18.4 Å². The Morgan fingerprint density at radius 2 is 2.12 bits per heavy atom. The van der Waals surface area contributed by atoms with Gasteiger partial charge >= 0.3 is 0 Å². The van der Waals surface area contributed by atoms with Gasteiger partial charge in [0.1, 0.15) is 0 Å². The molecule has 17 heavy (non-hydrogen) atoms. The number of nitrogens with two attached hydrogens (primary N) is 1. The van der Waals surface area contributed by atoms with Gasteiger partial charge in [-0.05, 0) is 24.6 Å². The van der Waals surface area contributed by atoms with Crippen molar-refractivity contribution in [2.45, 2.75) is 25.4 Å². The quantitative estimate of drug-likeness (QED) is 0.696. The molecule has 0 aliphatic carbocycles. The fourth-order valence-electron chi connectivity index (χ4n) is 1.95. The first kappa shape index (κ1) is 12.2. The van der Waals surface area contributed by atoms with Crippen LogP contribution in [0, 0.1) is 6.92 Å². The summed E-state index contributed by atoms with van der Waals surface area (Å²) in [6.07, 6.45) is 1.36. The molecule has 0 amide bonds. The van der Waals surface area contributed by atoms with E-state index in [1.807, 2.05) is 25.1 Å². The minimum Gasteiger partial charge on any atom is -0.398 e. The molecule has 4 nitrogen and oxygen atoms in total. The lowest BCUT2D eigenvalue weighted by Gasteiger charge is -2.32. The van der Waals surface area contributed by atoms with Crippen LogP contribution in [-0.2, 0) is 4.74 Å². The van der Waals surface area contributed by atoms with Gasteiger partial charge in [-0.2, -0.15) is 0 Å². The number of ether oxygens (including phenoxy) is 1. The van der Waals surface area contributed by atoms with Gasteiger partial charge < -0.3 is 20.9 Å². The Kier molecular flexibility index (Phi) is 3.54. The molecular formula is C13H20N2O2. The van der Waals surface area contributed by atoms with Crippen molar-refractivity contribution in [3.8, 4) is 0 Å². The number of aliphatic hydroxyl groups is 1. The molecule has 1 saturated heterocycles. The van der Waals surface area contributed by atoms with Gasteiger partial charge in [-0.15, -0.1) is 0 Å². The zero-order valence-electron chi connectivity index (χ0n) is 10.2. The monoisotopic (exact) mass is 236 g/mol. The third-order valence-corrected chi connectivity index (χ3v) is 3.32. The molecule has 4 N–H and O–H groups in total. The Hall–Kier alpha value is -1.26. The summed E-state index contributed by atoms with van der Waals surface area (Å²) in [4.78, 5) is 0. The van der Waals surface area contributed by atoms with Crippen molar-refractivity contribution in [3.05, 3.63) is 23.8 Å². The zero-order chi connectivity index (χ0) is 12.3. The normalized spacial score (nSPS) is 18.9. The van der Waals surface area contributed by atoms with Crippen molar-refractivity contribution in [1.29, 1.82) is 0 Å². The highest BCUT2D eigenvalue weighted by molar-refractivity contribution is 5.58. The molecular weight excluding hydrogens is 216 g/mol. The van der Waals surface area contributed by atoms with Crippen molar-refractivity contribution in [3.63, 3.8) is 0 Å². The number of aryl methyl sites for hydroxylation is 1. The number of nitrogens with one attached hydrogen (secondary N) is 1. The summed E-state index contributed by atoms with van der Waals surface area (Å²) in [5, 5.41) is 13.5. The summed E-state index contributed by atoms with van der Waals surface area (Å²) in [7, 11) is 0. The van der Waals surface area contributed by atoms with Gasteiger partial charge in [-0.3, -0.25) is 0 Å². The van der Waals surface area contributed by atoms with E-state index in [1.165, 1.54) is 0 Å². The van der Waals surface area contributed by atoms with E-state index in [2.05, 4.69) is 5.32 Å². The van der Waals surface area contributed by atoms with Gasteiger partial charge in [0.05, 0.1) is 5.60 Å². The molecule has 2 rings (SSSR count). The second kappa shape index (κ2) is 4.94.